The first kappa shape index (κ1) is 19.8. The normalized spacial score (nSPS) is 12.5. The minimum absolute atomic E-state index is 0. The van der Waals surface area contributed by atoms with Crippen molar-refractivity contribution in [2.24, 2.45) is 5.73 Å². The molecule has 120 valence electrons. The lowest BCUT2D eigenvalue weighted by atomic mass is 10.1. The number of para-hydroxylation sites is 1. The third kappa shape index (κ3) is 5.58. The molecule has 0 aliphatic carbocycles. The number of unbranched alkanes of at least 4 members (excludes halogenated alkanes) is 1. The summed E-state index contributed by atoms with van der Waals surface area (Å²) in [6.45, 7) is 2.14. The molecule has 7 nitrogen and oxygen atoms in total. The van der Waals surface area contributed by atoms with Gasteiger partial charge in [-0.1, -0.05) is 31.9 Å². The number of nitrogens with one attached hydrogen (secondary N) is 1. The number of benzene rings is 1. The molecular formula is C12H20ClN3O4S. The van der Waals surface area contributed by atoms with E-state index in [0.717, 1.165) is 18.9 Å². The Morgan fingerprint density at radius 3 is 2.52 bits per heavy atom. The summed E-state index contributed by atoms with van der Waals surface area (Å²) in [5.41, 5.74) is 5.10. The lowest BCUT2D eigenvalue weighted by Crippen LogP contribution is -2.40. The Kier molecular flexibility index (Phi) is 8.41. The van der Waals surface area contributed by atoms with Crippen molar-refractivity contribution in [2.75, 3.05) is 6.54 Å². The average Bonchev–Trinajstić information content (AvgIpc) is 2.43. The predicted octanol–water partition coefficient (Wildman–Crippen LogP) is 1.81. The number of hydrogen-bond acceptors (Lipinski definition) is 5. The van der Waals surface area contributed by atoms with E-state index in [-0.39, 0.29) is 23.8 Å². The maximum atomic E-state index is 12.2. The Bertz CT molecular complexity index is 565. The second kappa shape index (κ2) is 8.93. The van der Waals surface area contributed by atoms with Gasteiger partial charge in [-0.25, -0.2) is 13.1 Å². The molecule has 0 radical (unpaired) electrons. The Hall–Kier alpha value is -1.22. The van der Waals surface area contributed by atoms with Crippen LogP contribution < -0.4 is 10.5 Å². The van der Waals surface area contributed by atoms with Crippen molar-refractivity contribution >= 4 is 28.1 Å². The van der Waals surface area contributed by atoms with Crippen molar-refractivity contribution in [3.63, 3.8) is 0 Å². The van der Waals surface area contributed by atoms with Crippen LogP contribution in [0.15, 0.2) is 29.2 Å². The minimum Gasteiger partial charge on any atom is -0.329 e. The van der Waals surface area contributed by atoms with Gasteiger partial charge in [0.2, 0.25) is 10.0 Å². The van der Waals surface area contributed by atoms with E-state index < -0.39 is 26.7 Å². The third-order valence-electron chi connectivity index (χ3n) is 2.86. The van der Waals surface area contributed by atoms with Crippen molar-refractivity contribution in [1.29, 1.82) is 0 Å². The van der Waals surface area contributed by atoms with Crippen molar-refractivity contribution in [3.05, 3.63) is 34.4 Å². The first-order valence-corrected chi connectivity index (χ1v) is 7.86. The Balaban J connectivity index is 0.00000400. The van der Waals surface area contributed by atoms with E-state index in [1.165, 1.54) is 18.2 Å². The summed E-state index contributed by atoms with van der Waals surface area (Å²) in [4.78, 5) is 9.84. The fourth-order valence-electron chi connectivity index (χ4n) is 1.79. The van der Waals surface area contributed by atoms with E-state index >= 15 is 0 Å². The largest absolute Gasteiger partial charge is 0.329 e. The monoisotopic (exact) mass is 337 g/mol. The maximum absolute atomic E-state index is 12.2. The number of nitro benzene ring substituents is 1. The van der Waals surface area contributed by atoms with Crippen LogP contribution in [0.4, 0.5) is 5.69 Å². The van der Waals surface area contributed by atoms with Crippen LogP contribution in [-0.4, -0.2) is 25.9 Å². The van der Waals surface area contributed by atoms with Gasteiger partial charge in [0.15, 0.2) is 4.90 Å². The van der Waals surface area contributed by atoms with E-state index in [4.69, 9.17) is 5.73 Å². The van der Waals surface area contributed by atoms with Gasteiger partial charge in [0.1, 0.15) is 0 Å². The second-order valence-electron chi connectivity index (χ2n) is 4.42. The van der Waals surface area contributed by atoms with Crippen LogP contribution in [0, 0.1) is 10.1 Å². The summed E-state index contributed by atoms with van der Waals surface area (Å²) in [6.07, 6.45) is 2.36. The first-order valence-electron chi connectivity index (χ1n) is 6.38. The molecule has 0 aliphatic heterocycles. The van der Waals surface area contributed by atoms with Gasteiger partial charge in [-0.05, 0) is 12.5 Å². The molecule has 0 aliphatic rings. The molecule has 1 aromatic carbocycles. The SMILES string of the molecule is CCCCC(CN)NS(=O)(=O)c1ccccc1[N+](=O)[O-].Cl. The van der Waals surface area contributed by atoms with Gasteiger partial charge in [0.25, 0.3) is 5.69 Å². The van der Waals surface area contributed by atoms with E-state index in [9.17, 15) is 18.5 Å². The summed E-state index contributed by atoms with van der Waals surface area (Å²) in [5, 5.41) is 10.9. The molecule has 0 fully saturated rings. The summed E-state index contributed by atoms with van der Waals surface area (Å²) >= 11 is 0. The van der Waals surface area contributed by atoms with Crippen LogP contribution in [-0.2, 0) is 10.0 Å². The zero-order valence-electron chi connectivity index (χ0n) is 11.7. The predicted molar refractivity (Wildman–Crippen MR) is 83.0 cm³/mol. The molecule has 0 amide bonds. The molecule has 0 spiro atoms. The molecule has 0 heterocycles. The highest BCUT2D eigenvalue weighted by Gasteiger charge is 2.26. The molecule has 21 heavy (non-hydrogen) atoms. The van der Waals surface area contributed by atoms with Gasteiger partial charge in [-0.3, -0.25) is 10.1 Å². The summed E-state index contributed by atoms with van der Waals surface area (Å²) in [6, 6.07) is 4.84. The Morgan fingerprint density at radius 1 is 1.38 bits per heavy atom. The number of sulfonamides is 1. The van der Waals surface area contributed by atoms with Gasteiger partial charge in [-0.15, -0.1) is 12.4 Å². The Morgan fingerprint density at radius 2 is 2.00 bits per heavy atom. The maximum Gasteiger partial charge on any atom is 0.289 e. The van der Waals surface area contributed by atoms with E-state index in [1.54, 1.807) is 0 Å². The van der Waals surface area contributed by atoms with Crippen LogP contribution >= 0.6 is 12.4 Å². The second-order valence-corrected chi connectivity index (χ2v) is 6.10. The highest BCUT2D eigenvalue weighted by atomic mass is 35.5. The number of halogens is 1. The smallest absolute Gasteiger partial charge is 0.289 e. The van der Waals surface area contributed by atoms with Crippen molar-refractivity contribution < 1.29 is 13.3 Å². The average molecular weight is 338 g/mol. The zero-order valence-corrected chi connectivity index (χ0v) is 13.3. The molecule has 1 atom stereocenters. The topological polar surface area (TPSA) is 115 Å². The number of hydrogen-bond donors (Lipinski definition) is 2. The van der Waals surface area contributed by atoms with Crippen LogP contribution in [0.3, 0.4) is 0 Å². The molecule has 0 aromatic heterocycles. The lowest BCUT2D eigenvalue weighted by molar-refractivity contribution is -0.387. The van der Waals surface area contributed by atoms with Crippen molar-refractivity contribution in [1.82, 2.24) is 4.72 Å². The summed E-state index contributed by atoms with van der Waals surface area (Å²) in [5.74, 6) is 0. The fourth-order valence-corrected chi connectivity index (χ4v) is 3.25. The van der Waals surface area contributed by atoms with Crippen LogP contribution in [0.2, 0.25) is 0 Å². The molecule has 9 heteroatoms. The highest BCUT2D eigenvalue weighted by molar-refractivity contribution is 7.89. The molecule has 0 saturated carbocycles. The molecule has 3 N–H and O–H groups in total. The van der Waals surface area contributed by atoms with Crippen molar-refractivity contribution in [3.8, 4) is 0 Å². The lowest BCUT2D eigenvalue weighted by Gasteiger charge is -2.16. The minimum atomic E-state index is -3.95. The van der Waals surface area contributed by atoms with E-state index in [1.807, 2.05) is 6.92 Å². The van der Waals surface area contributed by atoms with E-state index in [2.05, 4.69) is 4.72 Å². The van der Waals surface area contributed by atoms with Gasteiger partial charge in [-0.2, -0.15) is 0 Å². The van der Waals surface area contributed by atoms with Gasteiger partial charge < -0.3 is 5.73 Å². The Labute approximate surface area is 130 Å². The highest BCUT2D eigenvalue weighted by Crippen LogP contribution is 2.23. The number of rotatable bonds is 8. The molecule has 1 rings (SSSR count). The molecular weight excluding hydrogens is 318 g/mol. The third-order valence-corrected chi connectivity index (χ3v) is 4.43. The number of nitrogens with zero attached hydrogens (tertiary/aromatic N) is 1. The number of nitrogens with two attached hydrogens (primary N) is 1. The molecule has 1 unspecified atom stereocenters. The molecule has 0 saturated heterocycles. The van der Waals surface area contributed by atoms with E-state index in [0.29, 0.717) is 6.42 Å². The quantitative estimate of drug-likeness (QED) is 0.554. The van der Waals surface area contributed by atoms with Crippen molar-refractivity contribution in [2.45, 2.75) is 37.1 Å². The summed E-state index contributed by atoms with van der Waals surface area (Å²) in [7, 11) is -3.95. The first-order chi connectivity index (χ1) is 9.42. The van der Waals surface area contributed by atoms with Crippen LogP contribution in [0.5, 0.6) is 0 Å². The molecule has 0 bridgehead atoms. The standard InChI is InChI=1S/C12H19N3O4S.ClH/c1-2-3-6-10(9-13)14-20(18,19)12-8-5-4-7-11(12)15(16)17;/h4-5,7-8,10,14H,2-3,6,9,13H2,1H3;1H. The van der Waals surface area contributed by atoms with Gasteiger partial charge in [0, 0.05) is 18.7 Å². The van der Waals surface area contributed by atoms with Gasteiger partial charge >= 0.3 is 0 Å². The zero-order chi connectivity index (χ0) is 15.2. The van der Waals surface area contributed by atoms with Crippen LogP contribution in [0.1, 0.15) is 26.2 Å². The summed E-state index contributed by atoms with van der Waals surface area (Å²) < 4.78 is 26.9. The van der Waals surface area contributed by atoms with Gasteiger partial charge in [0.05, 0.1) is 4.92 Å². The van der Waals surface area contributed by atoms with Crippen LogP contribution in [0.25, 0.3) is 0 Å². The molecule has 1 aromatic rings. The number of nitro groups is 1. The fraction of sp³-hybridized carbons (Fsp3) is 0.500.